The van der Waals surface area contributed by atoms with Crippen LogP contribution in [-0.4, -0.2) is 12.2 Å². The van der Waals surface area contributed by atoms with Gasteiger partial charge in [0.1, 0.15) is 23.7 Å². The summed E-state index contributed by atoms with van der Waals surface area (Å²) in [5, 5.41) is 0. The van der Waals surface area contributed by atoms with Crippen molar-refractivity contribution in [1.29, 1.82) is 0 Å². The number of hydrogen-bond donors (Lipinski definition) is 0. The molecular weight excluding hydrogens is 404 g/mol. The van der Waals surface area contributed by atoms with E-state index in [9.17, 15) is 0 Å². The second-order valence-electron chi connectivity index (χ2n) is 11.0. The molecule has 0 aliphatic heterocycles. The van der Waals surface area contributed by atoms with Crippen LogP contribution >= 0.6 is 0 Å². The molecule has 2 fully saturated rings. The van der Waals surface area contributed by atoms with Crippen LogP contribution in [0.15, 0.2) is 48.5 Å². The average Bonchev–Trinajstić information content (AvgIpc) is 2.84. The molecule has 2 aromatic carbocycles. The van der Waals surface area contributed by atoms with Crippen molar-refractivity contribution in [2.45, 2.75) is 98.7 Å². The van der Waals surface area contributed by atoms with Gasteiger partial charge >= 0.3 is 0 Å². The Morgan fingerprint density at radius 2 is 0.939 bits per heavy atom. The molecule has 0 spiro atoms. The Kier molecular flexibility index (Phi) is 7.12. The van der Waals surface area contributed by atoms with Crippen LogP contribution in [0.2, 0.25) is 0 Å². The van der Waals surface area contributed by atoms with Crippen molar-refractivity contribution in [1.82, 2.24) is 0 Å². The lowest BCUT2D eigenvalue weighted by Crippen LogP contribution is -2.54. The summed E-state index contributed by atoms with van der Waals surface area (Å²) >= 11 is 0. The predicted octanol–water partition coefficient (Wildman–Crippen LogP) is 8.46. The maximum atomic E-state index is 6.46. The van der Waals surface area contributed by atoms with Crippen molar-refractivity contribution in [2.75, 3.05) is 0 Å². The molecule has 2 saturated carbocycles. The molecule has 0 saturated heterocycles. The highest BCUT2D eigenvalue weighted by atomic mass is 16.5. The lowest BCUT2D eigenvalue weighted by Gasteiger charge is -2.53. The molecule has 4 atom stereocenters. The maximum Gasteiger partial charge on any atom is 0.119 e. The summed E-state index contributed by atoms with van der Waals surface area (Å²) in [6.45, 7) is 13.9. The minimum absolute atomic E-state index is 0.350. The van der Waals surface area contributed by atoms with Crippen LogP contribution in [0.1, 0.15) is 91.2 Å². The van der Waals surface area contributed by atoms with E-state index in [2.05, 4.69) is 90.1 Å². The predicted molar refractivity (Wildman–Crippen MR) is 138 cm³/mol. The highest BCUT2D eigenvalue weighted by molar-refractivity contribution is 5.34. The molecule has 0 aromatic heterocycles. The van der Waals surface area contributed by atoms with E-state index in [1.165, 1.54) is 49.7 Å². The van der Waals surface area contributed by atoms with E-state index >= 15 is 0 Å². The first kappa shape index (κ1) is 24.2. The fourth-order valence-corrected chi connectivity index (χ4v) is 6.88. The molecule has 2 aliphatic carbocycles. The molecule has 0 N–H and O–H groups in total. The minimum Gasteiger partial charge on any atom is -0.490 e. The third-order valence-corrected chi connectivity index (χ3v) is 9.30. The molecule has 0 heterocycles. The van der Waals surface area contributed by atoms with E-state index in [-0.39, 0.29) is 0 Å². The van der Waals surface area contributed by atoms with Crippen molar-refractivity contribution < 1.29 is 9.47 Å². The standard InChI is InChI=1S/C31H44O2/c1-7-30(8-2)20-22(5)28(30)32-26-15-11-24(12-16-26)19-25-13-17-27(18-14-25)33-29-23(6)21-31(29,9-3)10-4/h11-18,22-23,28-29H,7-10,19-21H2,1-6H3. The Balaban J connectivity index is 1.34. The first-order chi connectivity index (χ1) is 15.9. The third kappa shape index (κ3) is 4.55. The molecule has 2 nitrogen and oxygen atoms in total. The zero-order chi connectivity index (χ0) is 23.6. The Hall–Kier alpha value is -1.96. The van der Waals surface area contributed by atoms with Gasteiger partial charge < -0.3 is 9.47 Å². The molecule has 2 aromatic rings. The summed E-state index contributed by atoms with van der Waals surface area (Å²) in [5.41, 5.74) is 3.37. The summed E-state index contributed by atoms with van der Waals surface area (Å²) in [7, 11) is 0. The number of ether oxygens (including phenoxy) is 2. The van der Waals surface area contributed by atoms with E-state index < -0.39 is 0 Å². The Morgan fingerprint density at radius 3 is 1.21 bits per heavy atom. The normalized spacial score (nSPS) is 27.3. The number of rotatable bonds is 10. The SMILES string of the molecule is CCC1(CC)CC(C)C1Oc1ccc(Cc2ccc(OC3C(C)CC3(CC)CC)cc2)cc1. The van der Waals surface area contributed by atoms with Gasteiger partial charge in [0.25, 0.3) is 0 Å². The molecule has 4 unspecified atom stereocenters. The van der Waals surface area contributed by atoms with Crippen LogP contribution < -0.4 is 9.47 Å². The van der Waals surface area contributed by atoms with Gasteiger partial charge in [0, 0.05) is 10.8 Å². The van der Waals surface area contributed by atoms with Gasteiger partial charge in [-0.05, 0) is 92.2 Å². The zero-order valence-electron chi connectivity index (χ0n) is 21.7. The van der Waals surface area contributed by atoms with Gasteiger partial charge in [-0.2, -0.15) is 0 Å². The Bertz CT molecular complexity index is 814. The smallest absolute Gasteiger partial charge is 0.119 e. The third-order valence-electron chi connectivity index (χ3n) is 9.30. The molecule has 0 bridgehead atoms. The molecule has 2 heteroatoms. The molecule has 180 valence electrons. The van der Waals surface area contributed by atoms with Crippen LogP contribution in [0.3, 0.4) is 0 Å². The quantitative estimate of drug-likeness (QED) is 0.363. The molecule has 0 amide bonds. The summed E-state index contributed by atoms with van der Waals surface area (Å²) in [6.07, 6.45) is 9.03. The van der Waals surface area contributed by atoms with Crippen LogP contribution in [0.25, 0.3) is 0 Å². The highest BCUT2D eigenvalue weighted by Gasteiger charge is 2.51. The Morgan fingerprint density at radius 1 is 0.606 bits per heavy atom. The van der Waals surface area contributed by atoms with Gasteiger partial charge in [0.2, 0.25) is 0 Å². The fraction of sp³-hybridized carbons (Fsp3) is 0.613. The van der Waals surface area contributed by atoms with Gasteiger partial charge in [-0.15, -0.1) is 0 Å². The Labute approximate surface area is 202 Å². The van der Waals surface area contributed by atoms with Crippen LogP contribution in [0.4, 0.5) is 0 Å². The van der Waals surface area contributed by atoms with Gasteiger partial charge in [-0.3, -0.25) is 0 Å². The maximum absolute atomic E-state index is 6.46. The van der Waals surface area contributed by atoms with E-state index in [4.69, 9.17) is 9.47 Å². The van der Waals surface area contributed by atoms with E-state index in [0.717, 1.165) is 17.9 Å². The van der Waals surface area contributed by atoms with Crippen molar-refractivity contribution in [2.24, 2.45) is 22.7 Å². The van der Waals surface area contributed by atoms with E-state index in [1.807, 2.05) is 0 Å². The number of hydrogen-bond acceptors (Lipinski definition) is 2. The van der Waals surface area contributed by atoms with Gasteiger partial charge in [-0.1, -0.05) is 65.8 Å². The number of benzene rings is 2. The summed E-state index contributed by atoms with van der Waals surface area (Å²) in [6, 6.07) is 17.5. The summed E-state index contributed by atoms with van der Waals surface area (Å²) in [5.74, 6) is 3.31. The molecule has 2 aliphatic rings. The monoisotopic (exact) mass is 448 g/mol. The van der Waals surface area contributed by atoms with Gasteiger partial charge in [0.15, 0.2) is 0 Å². The molecule has 0 radical (unpaired) electrons. The van der Waals surface area contributed by atoms with Crippen molar-refractivity contribution in [3.63, 3.8) is 0 Å². The van der Waals surface area contributed by atoms with Gasteiger partial charge in [-0.25, -0.2) is 0 Å². The first-order valence-electron chi connectivity index (χ1n) is 13.4. The van der Waals surface area contributed by atoms with Crippen LogP contribution in [-0.2, 0) is 6.42 Å². The second kappa shape index (κ2) is 9.72. The van der Waals surface area contributed by atoms with Gasteiger partial charge in [0.05, 0.1) is 0 Å². The topological polar surface area (TPSA) is 18.5 Å². The molecule has 33 heavy (non-hydrogen) atoms. The first-order valence-corrected chi connectivity index (χ1v) is 13.4. The van der Waals surface area contributed by atoms with Crippen molar-refractivity contribution in [3.05, 3.63) is 59.7 Å². The lowest BCUT2D eigenvalue weighted by atomic mass is 9.57. The van der Waals surface area contributed by atoms with Crippen molar-refractivity contribution in [3.8, 4) is 11.5 Å². The largest absolute Gasteiger partial charge is 0.490 e. The summed E-state index contributed by atoms with van der Waals surface area (Å²) in [4.78, 5) is 0. The lowest BCUT2D eigenvalue weighted by molar-refractivity contribution is -0.101. The highest BCUT2D eigenvalue weighted by Crippen LogP contribution is 2.53. The fourth-order valence-electron chi connectivity index (χ4n) is 6.88. The average molecular weight is 449 g/mol. The zero-order valence-corrected chi connectivity index (χ0v) is 21.7. The van der Waals surface area contributed by atoms with Crippen molar-refractivity contribution >= 4 is 0 Å². The molecular formula is C31H44O2. The van der Waals surface area contributed by atoms with Crippen LogP contribution in [0.5, 0.6) is 11.5 Å². The van der Waals surface area contributed by atoms with E-state index in [1.54, 1.807) is 0 Å². The second-order valence-corrected chi connectivity index (χ2v) is 11.0. The van der Waals surface area contributed by atoms with Crippen LogP contribution in [0, 0.1) is 22.7 Å². The van der Waals surface area contributed by atoms with E-state index in [0.29, 0.717) is 34.9 Å². The molecule has 4 rings (SSSR count). The summed E-state index contributed by atoms with van der Waals surface area (Å²) < 4.78 is 12.9. The minimum atomic E-state index is 0.350.